The summed E-state index contributed by atoms with van der Waals surface area (Å²) >= 11 is 0. The van der Waals surface area contributed by atoms with E-state index in [0.717, 1.165) is 103 Å². The zero-order chi connectivity index (χ0) is 48.6. The third-order valence-corrected chi connectivity index (χ3v) is 12.5. The Kier molecular flexibility index (Phi) is 53.3. The normalized spacial score (nSPS) is 12.5. The molecule has 0 aliphatic heterocycles. The molecule has 0 aliphatic carbocycles. The minimum atomic E-state index is -0.788. The van der Waals surface area contributed by atoms with E-state index in [1.807, 2.05) is 0 Å². The molecular weight excluding hydrogens is 829 g/mol. The van der Waals surface area contributed by atoms with Gasteiger partial charge in [0.05, 0.1) is 0 Å². The van der Waals surface area contributed by atoms with Crippen molar-refractivity contribution >= 4 is 17.9 Å². The average molecular weight is 938 g/mol. The maximum Gasteiger partial charge on any atom is 0.306 e. The average Bonchev–Trinajstić information content (AvgIpc) is 3.33. The zero-order valence-corrected chi connectivity index (χ0v) is 44.4. The molecule has 0 aromatic heterocycles. The molecule has 0 rings (SSSR count). The Morgan fingerprint density at radius 2 is 0.537 bits per heavy atom. The summed E-state index contributed by atoms with van der Waals surface area (Å²) < 4.78 is 16.9. The van der Waals surface area contributed by atoms with Crippen LogP contribution in [-0.2, 0) is 28.6 Å². The van der Waals surface area contributed by atoms with Crippen LogP contribution in [-0.4, -0.2) is 37.2 Å². The maximum absolute atomic E-state index is 12.8. The van der Waals surface area contributed by atoms with Crippen molar-refractivity contribution in [3.8, 4) is 0 Å². The fourth-order valence-corrected chi connectivity index (χ4v) is 8.09. The predicted molar refractivity (Wildman–Crippen MR) is 288 cm³/mol. The van der Waals surface area contributed by atoms with Crippen molar-refractivity contribution in [2.75, 3.05) is 13.2 Å². The van der Waals surface area contributed by atoms with Gasteiger partial charge in [0.25, 0.3) is 0 Å². The standard InChI is InChI=1S/C61H108O6/c1-4-7-10-13-16-19-22-25-28-30-31-34-36-39-42-45-48-51-54-60(63)66-57-58(56-65-59(62)53-50-47-44-41-38-35-32-27-24-21-18-15-12-9-6-3)67-61(64)55-52-49-46-43-40-37-33-29-26-23-20-17-14-11-8-5-2/h19-20,22-23,27-30,32-33,58H,4-18,21,24-26,31,34-57H2,1-3H3/b22-19-,23-20-,30-28-,32-27-,33-29-. The van der Waals surface area contributed by atoms with Crippen LogP contribution in [0.1, 0.15) is 290 Å². The van der Waals surface area contributed by atoms with E-state index in [1.54, 1.807) is 0 Å². The second-order valence-electron chi connectivity index (χ2n) is 19.2. The molecule has 0 spiro atoms. The number of esters is 3. The summed E-state index contributed by atoms with van der Waals surface area (Å²) in [4.78, 5) is 38.1. The number of unbranched alkanes of at least 4 members (excludes halogenated alkanes) is 31. The lowest BCUT2D eigenvalue weighted by molar-refractivity contribution is -0.167. The highest BCUT2D eigenvalue weighted by Crippen LogP contribution is 2.15. The van der Waals surface area contributed by atoms with Crippen molar-refractivity contribution in [2.45, 2.75) is 297 Å². The highest BCUT2D eigenvalue weighted by atomic mass is 16.6. The summed E-state index contributed by atoms with van der Waals surface area (Å²) in [5, 5.41) is 0. The lowest BCUT2D eigenvalue weighted by atomic mass is 10.1. The van der Waals surface area contributed by atoms with Crippen LogP contribution in [0.15, 0.2) is 60.8 Å². The molecule has 0 fully saturated rings. The molecule has 0 aromatic carbocycles. The first kappa shape index (κ1) is 64.1. The number of carbonyl (C=O) groups is 3. The van der Waals surface area contributed by atoms with Gasteiger partial charge in [-0.1, -0.05) is 223 Å². The van der Waals surface area contributed by atoms with Crippen LogP contribution in [0.3, 0.4) is 0 Å². The van der Waals surface area contributed by atoms with Crippen LogP contribution < -0.4 is 0 Å². The number of hydrogen-bond acceptors (Lipinski definition) is 6. The number of carbonyl (C=O) groups excluding carboxylic acids is 3. The molecule has 0 aromatic rings. The third kappa shape index (κ3) is 53.9. The number of rotatable bonds is 52. The van der Waals surface area contributed by atoms with Gasteiger partial charge in [0.2, 0.25) is 0 Å². The Labute approximate surface area is 415 Å². The molecule has 6 heteroatoms. The van der Waals surface area contributed by atoms with E-state index >= 15 is 0 Å². The summed E-state index contributed by atoms with van der Waals surface area (Å²) in [6, 6.07) is 0. The van der Waals surface area contributed by atoms with Gasteiger partial charge in [0.1, 0.15) is 13.2 Å². The highest BCUT2D eigenvalue weighted by molar-refractivity contribution is 5.71. The summed E-state index contributed by atoms with van der Waals surface area (Å²) in [5.41, 5.74) is 0. The molecule has 1 atom stereocenters. The zero-order valence-electron chi connectivity index (χ0n) is 44.4. The summed E-state index contributed by atoms with van der Waals surface area (Å²) in [5.74, 6) is -0.905. The maximum atomic E-state index is 12.8. The van der Waals surface area contributed by atoms with Gasteiger partial charge in [-0.15, -0.1) is 0 Å². The van der Waals surface area contributed by atoms with Crippen LogP contribution in [0.5, 0.6) is 0 Å². The van der Waals surface area contributed by atoms with Crippen molar-refractivity contribution in [3.05, 3.63) is 60.8 Å². The van der Waals surface area contributed by atoms with Crippen LogP contribution >= 0.6 is 0 Å². The highest BCUT2D eigenvalue weighted by Gasteiger charge is 2.19. The first-order chi connectivity index (χ1) is 33.0. The van der Waals surface area contributed by atoms with E-state index in [-0.39, 0.29) is 31.1 Å². The molecule has 6 nitrogen and oxygen atoms in total. The van der Waals surface area contributed by atoms with Crippen LogP contribution in [0.25, 0.3) is 0 Å². The van der Waals surface area contributed by atoms with E-state index in [0.29, 0.717) is 19.3 Å². The van der Waals surface area contributed by atoms with Gasteiger partial charge in [0, 0.05) is 19.3 Å². The van der Waals surface area contributed by atoms with Crippen molar-refractivity contribution in [1.29, 1.82) is 0 Å². The molecule has 0 saturated heterocycles. The van der Waals surface area contributed by atoms with E-state index in [1.165, 1.54) is 148 Å². The van der Waals surface area contributed by atoms with Gasteiger partial charge in [-0.05, 0) is 109 Å². The molecule has 0 N–H and O–H groups in total. The molecule has 67 heavy (non-hydrogen) atoms. The number of allylic oxidation sites excluding steroid dienone is 10. The minimum absolute atomic E-state index is 0.0860. The molecule has 0 aliphatic rings. The quantitative estimate of drug-likeness (QED) is 0.0262. The first-order valence-electron chi connectivity index (χ1n) is 28.8. The van der Waals surface area contributed by atoms with Crippen molar-refractivity contribution in [3.63, 3.8) is 0 Å². The molecule has 388 valence electrons. The van der Waals surface area contributed by atoms with Gasteiger partial charge in [-0.25, -0.2) is 0 Å². The molecule has 0 amide bonds. The summed E-state index contributed by atoms with van der Waals surface area (Å²) in [7, 11) is 0. The summed E-state index contributed by atoms with van der Waals surface area (Å²) in [6.45, 7) is 6.60. The molecule has 0 radical (unpaired) electrons. The van der Waals surface area contributed by atoms with Crippen molar-refractivity contribution in [2.24, 2.45) is 0 Å². The van der Waals surface area contributed by atoms with Gasteiger partial charge in [-0.3, -0.25) is 14.4 Å². The Morgan fingerprint density at radius 1 is 0.299 bits per heavy atom. The minimum Gasteiger partial charge on any atom is -0.462 e. The number of hydrogen-bond donors (Lipinski definition) is 0. The van der Waals surface area contributed by atoms with Gasteiger partial charge < -0.3 is 14.2 Å². The monoisotopic (exact) mass is 937 g/mol. The van der Waals surface area contributed by atoms with E-state index in [4.69, 9.17) is 14.2 Å². The second-order valence-corrected chi connectivity index (χ2v) is 19.2. The first-order valence-corrected chi connectivity index (χ1v) is 28.8. The third-order valence-electron chi connectivity index (χ3n) is 12.5. The van der Waals surface area contributed by atoms with Crippen LogP contribution in [0.4, 0.5) is 0 Å². The van der Waals surface area contributed by atoms with E-state index < -0.39 is 6.10 Å². The SMILES string of the molecule is CCCCCC/C=C\C/C=C\CCCCCCCCCC(=O)OCC(COC(=O)CCCCCCC/C=C\CCCCCCCC)OC(=O)CCCCCCC/C=C\C/C=C\CCCCCC. The lowest BCUT2D eigenvalue weighted by Gasteiger charge is -2.18. The summed E-state index contributed by atoms with van der Waals surface area (Å²) in [6.07, 6.45) is 69.1. The Morgan fingerprint density at radius 3 is 0.851 bits per heavy atom. The topological polar surface area (TPSA) is 78.9 Å². The Bertz CT molecular complexity index is 1210. The fourth-order valence-electron chi connectivity index (χ4n) is 8.09. The van der Waals surface area contributed by atoms with Gasteiger partial charge in [-0.2, -0.15) is 0 Å². The fraction of sp³-hybridized carbons (Fsp3) is 0.787. The van der Waals surface area contributed by atoms with Gasteiger partial charge in [0.15, 0.2) is 6.10 Å². The van der Waals surface area contributed by atoms with Crippen LogP contribution in [0.2, 0.25) is 0 Å². The van der Waals surface area contributed by atoms with Gasteiger partial charge >= 0.3 is 17.9 Å². The Balaban J connectivity index is 4.41. The van der Waals surface area contributed by atoms with Crippen molar-refractivity contribution in [1.82, 2.24) is 0 Å². The molecule has 0 heterocycles. The van der Waals surface area contributed by atoms with E-state index in [9.17, 15) is 14.4 Å². The molecule has 1 unspecified atom stereocenters. The molecule has 0 saturated carbocycles. The number of ether oxygens (including phenoxy) is 3. The second kappa shape index (κ2) is 55.7. The van der Waals surface area contributed by atoms with Crippen molar-refractivity contribution < 1.29 is 28.6 Å². The smallest absolute Gasteiger partial charge is 0.306 e. The van der Waals surface area contributed by atoms with E-state index in [2.05, 4.69) is 81.5 Å². The Hall–Kier alpha value is -2.89. The predicted octanol–water partition coefficient (Wildman–Crippen LogP) is 19.2. The molecular formula is C61H108O6. The largest absolute Gasteiger partial charge is 0.462 e. The lowest BCUT2D eigenvalue weighted by Crippen LogP contribution is -2.30. The molecule has 0 bridgehead atoms. The van der Waals surface area contributed by atoms with Crippen LogP contribution in [0, 0.1) is 0 Å².